The number of carbonyl (C=O) groups excluding carboxylic acids is 2. The van der Waals surface area contributed by atoms with E-state index in [4.69, 9.17) is 4.74 Å². The molecule has 1 atom stereocenters. The smallest absolute Gasteiger partial charge is 0.254 e. The van der Waals surface area contributed by atoms with Crippen LogP contribution in [-0.4, -0.2) is 24.5 Å². The average Bonchev–Trinajstić information content (AvgIpc) is 3.28. The van der Waals surface area contributed by atoms with E-state index >= 15 is 0 Å². The number of nitrogens with one attached hydrogen (secondary N) is 2. The molecule has 2 amide bonds. The summed E-state index contributed by atoms with van der Waals surface area (Å²) in [5, 5.41) is 6.51. The van der Waals surface area contributed by atoms with Crippen molar-refractivity contribution in [2.75, 3.05) is 11.9 Å². The van der Waals surface area contributed by atoms with Gasteiger partial charge in [0.15, 0.2) is 0 Å². The largest absolute Gasteiger partial charge is 0.368 e. The number of hydrogen-bond acceptors (Lipinski definition) is 4. The zero-order valence-corrected chi connectivity index (χ0v) is 15.9. The van der Waals surface area contributed by atoms with Gasteiger partial charge in [-0.15, -0.1) is 11.3 Å². The van der Waals surface area contributed by atoms with Crippen LogP contribution in [0.4, 0.5) is 5.00 Å². The first-order valence-electron chi connectivity index (χ1n) is 8.97. The molecule has 0 spiro atoms. The van der Waals surface area contributed by atoms with Crippen molar-refractivity contribution in [3.8, 4) is 0 Å². The normalized spacial score (nSPS) is 16.5. The van der Waals surface area contributed by atoms with E-state index in [-0.39, 0.29) is 11.8 Å². The summed E-state index contributed by atoms with van der Waals surface area (Å²) in [5.74, 6) is -0.318. The van der Waals surface area contributed by atoms with Crippen LogP contribution in [0.15, 0.2) is 30.3 Å². The first kappa shape index (κ1) is 18.6. The third-order valence-electron chi connectivity index (χ3n) is 4.54. The fourth-order valence-electron chi connectivity index (χ4n) is 3.18. The Kier molecular flexibility index (Phi) is 6.06. The predicted molar refractivity (Wildman–Crippen MR) is 104 cm³/mol. The molecule has 1 aromatic carbocycles. The van der Waals surface area contributed by atoms with Crippen molar-refractivity contribution < 1.29 is 14.3 Å². The molecule has 2 aromatic rings. The van der Waals surface area contributed by atoms with Crippen LogP contribution in [0.25, 0.3) is 0 Å². The van der Waals surface area contributed by atoms with Crippen LogP contribution < -0.4 is 10.6 Å². The van der Waals surface area contributed by atoms with Crippen molar-refractivity contribution in [3.05, 3.63) is 51.9 Å². The average molecular weight is 372 g/mol. The highest BCUT2D eigenvalue weighted by molar-refractivity contribution is 7.16. The van der Waals surface area contributed by atoms with Gasteiger partial charge >= 0.3 is 0 Å². The number of hydrogen-bond donors (Lipinski definition) is 2. The van der Waals surface area contributed by atoms with Gasteiger partial charge in [0.05, 0.1) is 5.56 Å². The number of benzene rings is 1. The first-order valence-corrected chi connectivity index (χ1v) is 9.78. The summed E-state index contributed by atoms with van der Waals surface area (Å²) in [7, 11) is 0. The number of carbonyl (C=O) groups is 2. The number of rotatable bonds is 6. The standard InChI is InChI=1S/C20H24N2O3S/c1-3-15-13(2)26-20(22-18(23)16-10-7-11-25-16)17(15)19(24)21-12-14-8-5-4-6-9-14/h4-6,8-9,16H,3,7,10-12H2,1-2H3,(H,21,24)(H,22,23). The lowest BCUT2D eigenvalue weighted by Crippen LogP contribution is -2.29. The Balaban J connectivity index is 1.77. The molecule has 0 bridgehead atoms. The highest BCUT2D eigenvalue weighted by Gasteiger charge is 2.27. The van der Waals surface area contributed by atoms with Gasteiger partial charge in [0.1, 0.15) is 11.1 Å². The Bertz CT molecular complexity index is 780. The molecule has 6 heteroatoms. The van der Waals surface area contributed by atoms with Crippen molar-refractivity contribution in [2.24, 2.45) is 0 Å². The second kappa shape index (κ2) is 8.47. The van der Waals surface area contributed by atoms with E-state index in [0.717, 1.165) is 35.3 Å². The van der Waals surface area contributed by atoms with Gasteiger partial charge in [-0.2, -0.15) is 0 Å². The molecule has 1 aromatic heterocycles. The molecular formula is C20H24N2O3S. The van der Waals surface area contributed by atoms with Crippen LogP contribution >= 0.6 is 11.3 Å². The Morgan fingerprint density at radius 3 is 2.69 bits per heavy atom. The lowest BCUT2D eigenvalue weighted by atomic mass is 10.1. The maximum atomic E-state index is 12.8. The molecule has 2 heterocycles. The summed E-state index contributed by atoms with van der Waals surface area (Å²) < 4.78 is 5.45. The minimum Gasteiger partial charge on any atom is -0.368 e. The van der Waals surface area contributed by atoms with Crippen molar-refractivity contribution in [2.45, 2.75) is 45.8 Å². The Morgan fingerprint density at radius 2 is 2.04 bits per heavy atom. The zero-order chi connectivity index (χ0) is 18.5. The van der Waals surface area contributed by atoms with Crippen LogP contribution in [-0.2, 0) is 22.5 Å². The van der Waals surface area contributed by atoms with Gasteiger partial charge in [0, 0.05) is 18.0 Å². The van der Waals surface area contributed by atoms with Crippen LogP contribution in [0.1, 0.15) is 46.1 Å². The number of aryl methyl sites for hydroxylation is 1. The molecule has 26 heavy (non-hydrogen) atoms. The summed E-state index contributed by atoms with van der Waals surface area (Å²) in [4.78, 5) is 26.3. The molecule has 3 rings (SSSR count). The molecule has 138 valence electrons. The maximum Gasteiger partial charge on any atom is 0.254 e. The third-order valence-corrected chi connectivity index (χ3v) is 5.61. The zero-order valence-electron chi connectivity index (χ0n) is 15.1. The number of amides is 2. The highest BCUT2D eigenvalue weighted by atomic mass is 32.1. The summed E-state index contributed by atoms with van der Waals surface area (Å²) >= 11 is 1.45. The van der Waals surface area contributed by atoms with Gasteiger partial charge < -0.3 is 15.4 Å². The second-order valence-electron chi connectivity index (χ2n) is 6.35. The molecule has 1 aliphatic rings. The summed E-state index contributed by atoms with van der Waals surface area (Å²) in [5.41, 5.74) is 2.61. The van der Waals surface area contributed by atoms with E-state index in [2.05, 4.69) is 10.6 Å². The van der Waals surface area contributed by atoms with Crippen molar-refractivity contribution in [1.82, 2.24) is 5.32 Å². The van der Waals surface area contributed by atoms with E-state index in [1.165, 1.54) is 11.3 Å². The fourth-order valence-corrected chi connectivity index (χ4v) is 4.32. The Morgan fingerprint density at radius 1 is 1.27 bits per heavy atom. The molecule has 5 nitrogen and oxygen atoms in total. The van der Waals surface area contributed by atoms with Gasteiger partial charge in [-0.3, -0.25) is 9.59 Å². The molecule has 0 saturated carbocycles. The van der Waals surface area contributed by atoms with E-state index in [0.29, 0.717) is 23.7 Å². The monoisotopic (exact) mass is 372 g/mol. The van der Waals surface area contributed by atoms with E-state index in [1.54, 1.807) is 0 Å². The fraction of sp³-hybridized carbons (Fsp3) is 0.400. The van der Waals surface area contributed by atoms with Crippen LogP contribution in [0.3, 0.4) is 0 Å². The maximum absolute atomic E-state index is 12.8. The molecule has 0 radical (unpaired) electrons. The predicted octanol–water partition coefficient (Wildman–Crippen LogP) is 3.67. The number of ether oxygens (including phenoxy) is 1. The Hall–Kier alpha value is -2.18. The minimum absolute atomic E-state index is 0.155. The second-order valence-corrected chi connectivity index (χ2v) is 7.58. The lowest BCUT2D eigenvalue weighted by molar-refractivity contribution is -0.124. The van der Waals surface area contributed by atoms with Crippen molar-refractivity contribution >= 4 is 28.2 Å². The van der Waals surface area contributed by atoms with Crippen molar-refractivity contribution in [3.63, 3.8) is 0 Å². The minimum atomic E-state index is -0.414. The number of anilines is 1. The lowest BCUT2D eigenvalue weighted by Gasteiger charge is -2.12. The highest BCUT2D eigenvalue weighted by Crippen LogP contribution is 2.34. The van der Waals surface area contributed by atoms with Gasteiger partial charge in [-0.25, -0.2) is 0 Å². The molecular weight excluding hydrogens is 348 g/mol. The topological polar surface area (TPSA) is 67.4 Å². The molecule has 1 fully saturated rings. The number of thiophene rings is 1. The van der Waals surface area contributed by atoms with E-state index in [9.17, 15) is 9.59 Å². The third kappa shape index (κ3) is 4.14. The van der Waals surface area contributed by atoms with Gasteiger partial charge in [0.2, 0.25) is 0 Å². The van der Waals surface area contributed by atoms with Gasteiger partial charge in [-0.1, -0.05) is 37.3 Å². The Labute approximate surface area is 157 Å². The van der Waals surface area contributed by atoms with E-state index in [1.807, 2.05) is 44.2 Å². The molecule has 1 unspecified atom stereocenters. The van der Waals surface area contributed by atoms with Gasteiger partial charge in [-0.05, 0) is 37.3 Å². The van der Waals surface area contributed by atoms with Gasteiger partial charge in [0.25, 0.3) is 11.8 Å². The molecule has 1 aliphatic heterocycles. The summed E-state index contributed by atoms with van der Waals surface area (Å²) in [6.07, 6.45) is 1.95. The van der Waals surface area contributed by atoms with Crippen LogP contribution in [0.2, 0.25) is 0 Å². The van der Waals surface area contributed by atoms with Crippen LogP contribution in [0, 0.1) is 6.92 Å². The molecule has 1 saturated heterocycles. The SMILES string of the molecule is CCc1c(C)sc(NC(=O)C2CCCO2)c1C(=O)NCc1ccccc1. The quantitative estimate of drug-likeness (QED) is 0.813. The van der Waals surface area contributed by atoms with Crippen LogP contribution in [0.5, 0.6) is 0 Å². The summed E-state index contributed by atoms with van der Waals surface area (Å²) in [6.45, 7) is 5.08. The van der Waals surface area contributed by atoms with E-state index < -0.39 is 6.10 Å². The summed E-state index contributed by atoms with van der Waals surface area (Å²) in [6, 6.07) is 9.78. The molecule has 2 N–H and O–H groups in total. The first-order chi connectivity index (χ1) is 12.6. The molecule has 0 aliphatic carbocycles. The van der Waals surface area contributed by atoms with Crippen molar-refractivity contribution in [1.29, 1.82) is 0 Å².